The number of amides is 1. The monoisotopic (exact) mass is 351 g/mol. The number of tetrazole rings is 1. The Balaban J connectivity index is 1.70. The van der Waals surface area contributed by atoms with E-state index in [1.807, 2.05) is 30.3 Å². The molecule has 1 aliphatic rings. The number of rotatable bonds is 3. The second kappa shape index (κ2) is 6.17. The SMILES string of the molecule is Cc1nc2c(c(=O)n1C)CN(C(=O)C(c1ccccc1)n1cnnn1)C2. The standard InChI is InChI=1S/C17H17N7O2/c1-11-19-14-9-23(8-13(14)16(25)22(11)2)17(26)15(24-10-18-20-21-24)12-6-4-3-5-7-12/h3-7,10,15H,8-9H2,1-2H3. The number of hydrogen-bond donors (Lipinski definition) is 0. The van der Waals surface area contributed by atoms with Gasteiger partial charge in [0.25, 0.3) is 11.5 Å². The molecular weight excluding hydrogens is 334 g/mol. The molecule has 0 saturated carbocycles. The number of benzene rings is 1. The third kappa shape index (κ3) is 2.57. The minimum atomic E-state index is -0.689. The molecule has 4 rings (SSSR count). The van der Waals surface area contributed by atoms with Crippen LogP contribution in [0.25, 0.3) is 0 Å². The van der Waals surface area contributed by atoms with Crippen molar-refractivity contribution in [3.05, 3.63) is 69.7 Å². The van der Waals surface area contributed by atoms with Crippen molar-refractivity contribution in [2.24, 2.45) is 7.05 Å². The number of nitrogens with zero attached hydrogens (tertiary/aromatic N) is 7. The number of aromatic nitrogens is 6. The fraction of sp³-hybridized carbons (Fsp3) is 0.294. The predicted molar refractivity (Wildman–Crippen MR) is 90.9 cm³/mol. The van der Waals surface area contributed by atoms with Gasteiger partial charge in [0.05, 0.1) is 24.3 Å². The number of fused-ring (bicyclic) bond motifs is 1. The summed E-state index contributed by atoms with van der Waals surface area (Å²) in [5.74, 6) is 0.448. The second-order valence-corrected chi connectivity index (χ2v) is 6.25. The van der Waals surface area contributed by atoms with E-state index in [-0.39, 0.29) is 18.0 Å². The average Bonchev–Trinajstić information content (AvgIpc) is 3.31. The zero-order chi connectivity index (χ0) is 18.3. The van der Waals surface area contributed by atoms with E-state index in [9.17, 15) is 9.59 Å². The van der Waals surface area contributed by atoms with E-state index in [1.54, 1.807) is 18.9 Å². The van der Waals surface area contributed by atoms with Crippen LogP contribution in [0.5, 0.6) is 0 Å². The van der Waals surface area contributed by atoms with Gasteiger partial charge in [0.1, 0.15) is 12.2 Å². The van der Waals surface area contributed by atoms with Gasteiger partial charge < -0.3 is 4.90 Å². The van der Waals surface area contributed by atoms with Gasteiger partial charge >= 0.3 is 0 Å². The van der Waals surface area contributed by atoms with Crippen molar-refractivity contribution in [1.82, 2.24) is 34.7 Å². The molecule has 1 unspecified atom stereocenters. The molecule has 1 aromatic carbocycles. The summed E-state index contributed by atoms with van der Waals surface area (Å²) in [5, 5.41) is 11.2. The predicted octanol–water partition coefficient (Wildman–Crippen LogP) is 0.207. The van der Waals surface area contributed by atoms with Crippen LogP contribution in [-0.2, 0) is 24.9 Å². The first-order valence-corrected chi connectivity index (χ1v) is 8.18. The fourth-order valence-electron chi connectivity index (χ4n) is 3.19. The molecule has 0 bridgehead atoms. The van der Waals surface area contributed by atoms with Crippen molar-refractivity contribution in [3.63, 3.8) is 0 Å². The molecule has 0 spiro atoms. The summed E-state index contributed by atoms with van der Waals surface area (Å²) < 4.78 is 2.93. The van der Waals surface area contributed by atoms with Crippen LogP contribution >= 0.6 is 0 Å². The summed E-state index contributed by atoms with van der Waals surface area (Å²) in [5.41, 5.74) is 1.89. The third-order valence-corrected chi connectivity index (χ3v) is 4.67. The van der Waals surface area contributed by atoms with Crippen molar-refractivity contribution >= 4 is 5.91 Å². The van der Waals surface area contributed by atoms with E-state index < -0.39 is 6.04 Å². The molecule has 1 aliphatic heterocycles. The molecule has 2 aromatic heterocycles. The first kappa shape index (κ1) is 16.1. The minimum Gasteiger partial charge on any atom is -0.330 e. The van der Waals surface area contributed by atoms with Gasteiger partial charge in [-0.2, -0.15) is 0 Å². The zero-order valence-electron chi connectivity index (χ0n) is 14.4. The highest BCUT2D eigenvalue weighted by Gasteiger charge is 2.34. The van der Waals surface area contributed by atoms with Gasteiger partial charge in [0, 0.05) is 7.05 Å². The lowest BCUT2D eigenvalue weighted by atomic mass is 10.1. The average molecular weight is 351 g/mol. The summed E-state index contributed by atoms with van der Waals surface area (Å²) in [6, 6.07) is 8.63. The normalized spacial score (nSPS) is 14.3. The smallest absolute Gasteiger partial charge is 0.258 e. The highest BCUT2D eigenvalue weighted by Crippen LogP contribution is 2.25. The minimum absolute atomic E-state index is 0.110. The Bertz CT molecular complexity index is 1010. The lowest BCUT2D eigenvalue weighted by molar-refractivity contribution is -0.134. The summed E-state index contributed by atoms with van der Waals surface area (Å²) in [6.45, 7) is 2.32. The largest absolute Gasteiger partial charge is 0.330 e. The molecule has 9 nitrogen and oxygen atoms in total. The lowest BCUT2D eigenvalue weighted by Crippen LogP contribution is -2.35. The molecule has 1 atom stereocenters. The first-order chi connectivity index (χ1) is 12.6. The van der Waals surface area contributed by atoms with Crippen molar-refractivity contribution < 1.29 is 4.79 Å². The second-order valence-electron chi connectivity index (χ2n) is 6.25. The quantitative estimate of drug-likeness (QED) is 0.669. The Morgan fingerprint density at radius 1 is 1.19 bits per heavy atom. The van der Waals surface area contributed by atoms with Crippen molar-refractivity contribution in [3.8, 4) is 0 Å². The maximum absolute atomic E-state index is 13.3. The number of hydrogen-bond acceptors (Lipinski definition) is 6. The Hall–Kier alpha value is -3.36. The Morgan fingerprint density at radius 3 is 2.65 bits per heavy atom. The van der Waals surface area contributed by atoms with E-state index in [0.717, 1.165) is 5.56 Å². The summed E-state index contributed by atoms with van der Waals surface area (Å²) in [6.07, 6.45) is 1.42. The Kier molecular flexibility index (Phi) is 3.83. The van der Waals surface area contributed by atoms with Crippen molar-refractivity contribution in [1.29, 1.82) is 0 Å². The molecule has 26 heavy (non-hydrogen) atoms. The van der Waals surface area contributed by atoms with Crippen LogP contribution in [0.3, 0.4) is 0 Å². The van der Waals surface area contributed by atoms with Crippen LogP contribution in [0.2, 0.25) is 0 Å². The molecule has 1 amide bonds. The van der Waals surface area contributed by atoms with Gasteiger partial charge in [-0.1, -0.05) is 30.3 Å². The number of carbonyl (C=O) groups excluding carboxylic acids is 1. The topological polar surface area (TPSA) is 98.8 Å². The van der Waals surface area contributed by atoms with Crippen LogP contribution in [0, 0.1) is 6.92 Å². The summed E-state index contributed by atoms with van der Waals surface area (Å²) >= 11 is 0. The molecule has 0 saturated heterocycles. The van der Waals surface area contributed by atoms with E-state index in [2.05, 4.69) is 20.5 Å². The molecule has 0 fully saturated rings. The molecule has 0 N–H and O–H groups in total. The van der Waals surface area contributed by atoms with Gasteiger partial charge in [0.2, 0.25) is 0 Å². The van der Waals surface area contributed by atoms with Gasteiger partial charge in [-0.3, -0.25) is 14.2 Å². The molecule has 3 heterocycles. The van der Waals surface area contributed by atoms with Gasteiger partial charge in [-0.05, 0) is 22.9 Å². The van der Waals surface area contributed by atoms with Gasteiger partial charge in [-0.25, -0.2) is 9.67 Å². The summed E-state index contributed by atoms with van der Waals surface area (Å²) in [4.78, 5) is 31.8. The highest BCUT2D eigenvalue weighted by molar-refractivity contribution is 5.84. The maximum atomic E-state index is 13.3. The zero-order valence-corrected chi connectivity index (χ0v) is 14.4. The van der Waals surface area contributed by atoms with Gasteiger partial charge in [0.15, 0.2) is 6.04 Å². The fourth-order valence-corrected chi connectivity index (χ4v) is 3.19. The number of aryl methyl sites for hydroxylation is 1. The van der Waals surface area contributed by atoms with Crippen LogP contribution in [-0.4, -0.2) is 40.6 Å². The highest BCUT2D eigenvalue weighted by atomic mass is 16.2. The van der Waals surface area contributed by atoms with Crippen LogP contribution in [0.1, 0.15) is 28.7 Å². The Labute approximate surface area is 148 Å². The van der Waals surface area contributed by atoms with E-state index in [0.29, 0.717) is 23.6 Å². The molecule has 3 aromatic rings. The maximum Gasteiger partial charge on any atom is 0.258 e. The molecule has 0 radical (unpaired) electrons. The first-order valence-electron chi connectivity index (χ1n) is 8.18. The van der Waals surface area contributed by atoms with E-state index in [1.165, 1.54) is 15.6 Å². The number of carbonyl (C=O) groups is 1. The Morgan fingerprint density at radius 2 is 1.96 bits per heavy atom. The molecule has 0 aliphatic carbocycles. The van der Waals surface area contributed by atoms with Crippen molar-refractivity contribution in [2.75, 3.05) is 0 Å². The molecule has 132 valence electrons. The van der Waals surface area contributed by atoms with E-state index >= 15 is 0 Å². The molecule has 9 heteroatoms. The lowest BCUT2D eigenvalue weighted by Gasteiger charge is -2.22. The molecular formula is C17H17N7O2. The van der Waals surface area contributed by atoms with Crippen LogP contribution in [0.15, 0.2) is 41.5 Å². The van der Waals surface area contributed by atoms with E-state index in [4.69, 9.17) is 0 Å². The van der Waals surface area contributed by atoms with Crippen LogP contribution < -0.4 is 5.56 Å². The van der Waals surface area contributed by atoms with Gasteiger partial charge in [-0.15, -0.1) is 5.10 Å². The van der Waals surface area contributed by atoms with Crippen molar-refractivity contribution in [2.45, 2.75) is 26.1 Å². The summed E-state index contributed by atoms with van der Waals surface area (Å²) in [7, 11) is 1.68. The van der Waals surface area contributed by atoms with Crippen LogP contribution in [0.4, 0.5) is 0 Å². The third-order valence-electron chi connectivity index (χ3n) is 4.67.